The van der Waals surface area contributed by atoms with Crippen molar-refractivity contribution >= 4 is 35.0 Å². The molecule has 1 atom stereocenters. The number of amides is 2. The molecule has 1 unspecified atom stereocenters. The van der Waals surface area contributed by atoms with Gasteiger partial charge in [-0.2, -0.15) is 0 Å². The Morgan fingerprint density at radius 2 is 1.77 bits per heavy atom. The number of hydrogen-bond donors (Lipinski definition) is 1. The number of rotatable bonds is 6. The molecule has 2 amide bonds. The predicted molar refractivity (Wildman–Crippen MR) is 126 cm³/mol. The molecule has 1 heterocycles. The highest BCUT2D eigenvalue weighted by Crippen LogP contribution is 2.46. The maximum Gasteiger partial charge on any atom is 0.255 e. The Morgan fingerprint density at radius 1 is 1.06 bits per heavy atom. The first-order chi connectivity index (χ1) is 15.1. The summed E-state index contributed by atoms with van der Waals surface area (Å²) in [7, 11) is 1.60. The summed E-state index contributed by atoms with van der Waals surface area (Å²) in [5.74, 6) is 0.841. The van der Waals surface area contributed by atoms with E-state index in [9.17, 15) is 9.59 Å². The molecule has 0 aliphatic carbocycles. The number of methoxy groups -OCH3 is 1. The Morgan fingerprint density at radius 3 is 2.52 bits per heavy atom. The van der Waals surface area contributed by atoms with Crippen LogP contribution in [-0.2, 0) is 11.2 Å². The van der Waals surface area contributed by atoms with E-state index in [0.717, 1.165) is 17.7 Å². The quantitative estimate of drug-likeness (QED) is 0.575. The highest BCUT2D eigenvalue weighted by atomic mass is 32.2. The number of para-hydroxylation sites is 3. The number of ether oxygens (including phenoxy) is 1. The number of aryl methyl sites for hydroxylation is 1. The second kappa shape index (κ2) is 9.27. The van der Waals surface area contributed by atoms with Crippen LogP contribution in [0.3, 0.4) is 0 Å². The minimum atomic E-state index is -0.261. The van der Waals surface area contributed by atoms with Crippen LogP contribution in [0.2, 0.25) is 0 Å². The summed E-state index contributed by atoms with van der Waals surface area (Å²) in [6, 6.07) is 22.7. The lowest BCUT2D eigenvalue weighted by Gasteiger charge is -2.27. The number of carbonyl (C=O) groups is 2. The molecular weight excluding hydrogens is 408 g/mol. The van der Waals surface area contributed by atoms with Gasteiger partial charge in [-0.05, 0) is 42.3 Å². The number of thioether (sulfide) groups is 1. The molecule has 1 saturated heterocycles. The van der Waals surface area contributed by atoms with E-state index in [1.807, 2.05) is 72.8 Å². The summed E-state index contributed by atoms with van der Waals surface area (Å²) in [4.78, 5) is 27.4. The van der Waals surface area contributed by atoms with Crippen LogP contribution in [0, 0.1) is 0 Å². The van der Waals surface area contributed by atoms with Crippen LogP contribution >= 0.6 is 11.8 Å². The first kappa shape index (κ1) is 21.0. The zero-order chi connectivity index (χ0) is 21.8. The lowest BCUT2D eigenvalue weighted by molar-refractivity contribution is -0.115. The van der Waals surface area contributed by atoms with Crippen molar-refractivity contribution in [1.29, 1.82) is 0 Å². The lowest BCUT2D eigenvalue weighted by atomic mass is 10.1. The van der Waals surface area contributed by atoms with Gasteiger partial charge in [0, 0.05) is 16.8 Å². The highest BCUT2D eigenvalue weighted by Gasteiger charge is 2.36. The molecule has 0 radical (unpaired) electrons. The molecule has 31 heavy (non-hydrogen) atoms. The Balaban J connectivity index is 1.65. The number of carbonyl (C=O) groups excluding carboxylic acids is 2. The van der Waals surface area contributed by atoms with E-state index in [0.29, 0.717) is 22.8 Å². The summed E-state index contributed by atoms with van der Waals surface area (Å²) in [5, 5.41) is 2.77. The van der Waals surface area contributed by atoms with Crippen molar-refractivity contribution in [2.45, 2.75) is 18.7 Å². The fourth-order valence-electron chi connectivity index (χ4n) is 3.66. The van der Waals surface area contributed by atoms with Gasteiger partial charge in [-0.3, -0.25) is 14.5 Å². The smallest absolute Gasteiger partial charge is 0.255 e. The average molecular weight is 433 g/mol. The number of nitrogens with one attached hydrogen (secondary N) is 1. The molecule has 6 heteroatoms. The van der Waals surface area contributed by atoms with Crippen molar-refractivity contribution in [1.82, 2.24) is 0 Å². The van der Waals surface area contributed by atoms with Crippen LogP contribution < -0.4 is 15.0 Å². The van der Waals surface area contributed by atoms with Crippen molar-refractivity contribution in [2.75, 3.05) is 23.1 Å². The fraction of sp³-hybridized carbons (Fsp3) is 0.200. The van der Waals surface area contributed by atoms with Crippen LogP contribution in [0.4, 0.5) is 11.4 Å². The lowest BCUT2D eigenvalue weighted by Crippen LogP contribution is -2.29. The Bertz CT molecular complexity index is 1100. The molecule has 0 saturated carbocycles. The molecule has 1 N–H and O–H groups in total. The largest absolute Gasteiger partial charge is 0.495 e. The minimum Gasteiger partial charge on any atom is -0.495 e. The average Bonchev–Trinajstić information content (AvgIpc) is 3.20. The first-order valence-corrected chi connectivity index (χ1v) is 11.2. The molecule has 0 bridgehead atoms. The number of nitrogens with zero attached hydrogens (tertiary/aromatic N) is 1. The second-order valence-electron chi connectivity index (χ2n) is 7.19. The third-order valence-corrected chi connectivity index (χ3v) is 6.51. The van der Waals surface area contributed by atoms with Crippen molar-refractivity contribution in [3.63, 3.8) is 0 Å². The normalized spacial score (nSPS) is 15.7. The minimum absolute atomic E-state index is 0.00999. The molecule has 4 rings (SSSR count). The van der Waals surface area contributed by atoms with E-state index in [4.69, 9.17) is 4.74 Å². The SMILES string of the molecule is CCc1ccc(C(=O)Nc2ccccc2C2SCC(=O)N2c2ccccc2OC)cc1. The van der Waals surface area contributed by atoms with Gasteiger partial charge in [0.25, 0.3) is 5.91 Å². The van der Waals surface area contributed by atoms with Gasteiger partial charge in [0.05, 0.1) is 18.6 Å². The summed E-state index contributed by atoms with van der Waals surface area (Å²) in [6.07, 6.45) is 0.927. The zero-order valence-corrected chi connectivity index (χ0v) is 18.3. The van der Waals surface area contributed by atoms with Gasteiger partial charge in [0.15, 0.2) is 0 Å². The summed E-state index contributed by atoms with van der Waals surface area (Å²) in [6.45, 7) is 2.08. The monoisotopic (exact) mass is 432 g/mol. The molecule has 1 aliphatic heterocycles. The van der Waals surface area contributed by atoms with E-state index < -0.39 is 0 Å². The highest BCUT2D eigenvalue weighted by molar-refractivity contribution is 8.00. The molecule has 1 aliphatic rings. The standard InChI is InChI=1S/C25H24N2O3S/c1-3-17-12-14-18(15-13-17)24(29)26-20-9-5-4-8-19(20)25-27(23(28)16-31-25)21-10-6-7-11-22(21)30-2/h4-15,25H,3,16H2,1-2H3,(H,26,29). The van der Waals surface area contributed by atoms with E-state index in [1.54, 1.807) is 12.0 Å². The first-order valence-electron chi connectivity index (χ1n) is 10.2. The van der Waals surface area contributed by atoms with Gasteiger partial charge >= 0.3 is 0 Å². The van der Waals surface area contributed by atoms with E-state index in [1.165, 1.54) is 17.3 Å². The Kier molecular flexibility index (Phi) is 6.28. The fourth-order valence-corrected chi connectivity index (χ4v) is 4.86. The molecular formula is C25H24N2O3S. The third kappa shape index (κ3) is 4.30. The number of anilines is 2. The van der Waals surface area contributed by atoms with Gasteiger partial charge in [-0.25, -0.2) is 0 Å². The van der Waals surface area contributed by atoms with Gasteiger partial charge in [-0.1, -0.05) is 49.4 Å². The summed E-state index contributed by atoms with van der Waals surface area (Å²) < 4.78 is 5.49. The summed E-state index contributed by atoms with van der Waals surface area (Å²) >= 11 is 1.54. The van der Waals surface area contributed by atoms with Crippen molar-refractivity contribution in [2.24, 2.45) is 0 Å². The molecule has 3 aromatic rings. The van der Waals surface area contributed by atoms with E-state index in [-0.39, 0.29) is 17.2 Å². The third-order valence-electron chi connectivity index (χ3n) is 5.31. The van der Waals surface area contributed by atoms with Gasteiger partial charge < -0.3 is 10.1 Å². The van der Waals surface area contributed by atoms with Crippen molar-refractivity contribution in [3.05, 3.63) is 89.5 Å². The number of hydrogen-bond acceptors (Lipinski definition) is 4. The molecule has 0 aromatic heterocycles. The maximum absolute atomic E-state index is 12.9. The van der Waals surface area contributed by atoms with Gasteiger partial charge in [0.1, 0.15) is 11.1 Å². The van der Waals surface area contributed by atoms with Crippen molar-refractivity contribution < 1.29 is 14.3 Å². The molecule has 0 spiro atoms. The molecule has 1 fully saturated rings. The Labute approximate surface area is 186 Å². The van der Waals surface area contributed by atoms with Crippen LogP contribution in [0.5, 0.6) is 5.75 Å². The summed E-state index contributed by atoms with van der Waals surface area (Å²) in [5.41, 5.74) is 4.08. The Hall–Kier alpha value is -3.25. The van der Waals surface area contributed by atoms with Crippen LogP contribution in [0.1, 0.15) is 33.8 Å². The van der Waals surface area contributed by atoms with Crippen LogP contribution in [-0.4, -0.2) is 24.7 Å². The predicted octanol–water partition coefficient (Wildman–Crippen LogP) is 5.29. The van der Waals surface area contributed by atoms with Gasteiger partial charge in [0.2, 0.25) is 5.91 Å². The topological polar surface area (TPSA) is 58.6 Å². The van der Waals surface area contributed by atoms with Gasteiger partial charge in [-0.15, -0.1) is 11.8 Å². The van der Waals surface area contributed by atoms with Crippen LogP contribution in [0.25, 0.3) is 0 Å². The van der Waals surface area contributed by atoms with E-state index >= 15 is 0 Å². The van der Waals surface area contributed by atoms with Crippen LogP contribution in [0.15, 0.2) is 72.8 Å². The van der Waals surface area contributed by atoms with E-state index in [2.05, 4.69) is 12.2 Å². The molecule has 5 nitrogen and oxygen atoms in total. The molecule has 158 valence electrons. The molecule has 3 aromatic carbocycles. The zero-order valence-electron chi connectivity index (χ0n) is 17.5. The second-order valence-corrected chi connectivity index (χ2v) is 8.26. The number of benzene rings is 3. The maximum atomic E-state index is 12.9. The van der Waals surface area contributed by atoms with Crippen molar-refractivity contribution in [3.8, 4) is 5.75 Å².